The van der Waals surface area contributed by atoms with E-state index in [1.165, 1.54) is 31.2 Å². The third-order valence-corrected chi connectivity index (χ3v) is 5.41. The number of alkyl halides is 3. The average molecular weight is 514 g/mol. The number of sulfonamides is 1. The monoisotopic (exact) mass is 514 g/mol. The second kappa shape index (κ2) is 9.53. The van der Waals surface area contributed by atoms with Gasteiger partial charge in [0.25, 0.3) is 5.91 Å². The lowest BCUT2D eigenvalue weighted by Gasteiger charge is -2.15. The van der Waals surface area contributed by atoms with Gasteiger partial charge in [0.15, 0.2) is 17.4 Å². The number of rotatable bonds is 7. The van der Waals surface area contributed by atoms with Gasteiger partial charge >= 0.3 is 6.18 Å². The normalized spacial score (nSPS) is 12.8. The van der Waals surface area contributed by atoms with Crippen molar-refractivity contribution in [3.63, 3.8) is 0 Å². The van der Waals surface area contributed by atoms with Crippen LogP contribution < -0.4 is 10.0 Å². The first kappa shape index (κ1) is 25.9. The Bertz CT molecular complexity index is 1370. The molecule has 186 valence electrons. The maximum absolute atomic E-state index is 14.2. The third-order valence-electron chi connectivity index (χ3n) is 4.83. The molecule has 1 aromatic heterocycles. The van der Waals surface area contributed by atoms with Gasteiger partial charge in [-0.3, -0.25) is 9.52 Å². The van der Waals surface area contributed by atoms with Gasteiger partial charge in [-0.05, 0) is 60.5 Å². The Balaban J connectivity index is 1.82. The Hall–Kier alpha value is -3.67. The lowest BCUT2D eigenvalue weighted by Crippen LogP contribution is -2.26. The number of carbonyl (C=O) groups excluding carboxylic acids is 1. The van der Waals surface area contributed by atoms with Crippen molar-refractivity contribution in [2.45, 2.75) is 19.1 Å². The molecule has 0 aliphatic rings. The molecule has 3 aromatic rings. The molecule has 35 heavy (non-hydrogen) atoms. The molecule has 1 atom stereocenters. The Labute approximate surface area is 197 Å². The lowest BCUT2D eigenvalue weighted by molar-refractivity contribution is -0.137. The first-order valence-corrected chi connectivity index (χ1v) is 11.8. The number of nitrogens with one attached hydrogen (secondary N) is 2. The highest BCUT2D eigenvalue weighted by Gasteiger charge is 2.31. The van der Waals surface area contributed by atoms with Gasteiger partial charge < -0.3 is 9.73 Å². The minimum atomic E-state index is -4.60. The van der Waals surface area contributed by atoms with Crippen LogP contribution in [0.2, 0.25) is 0 Å². The van der Waals surface area contributed by atoms with E-state index in [4.69, 9.17) is 4.42 Å². The van der Waals surface area contributed by atoms with Crippen LogP contribution >= 0.6 is 0 Å². The molecule has 0 saturated carbocycles. The van der Waals surface area contributed by atoms with Crippen molar-refractivity contribution in [3.8, 4) is 11.3 Å². The van der Waals surface area contributed by atoms with Crippen LogP contribution in [0.25, 0.3) is 17.4 Å². The summed E-state index contributed by atoms with van der Waals surface area (Å²) in [5, 5.41) is 2.46. The molecular formula is C23H19F5N2O4S. The van der Waals surface area contributed by atoms with Gasteiger partial charge in [-0.2, -0.15) is 13.2 Å². The molecule has 1 amide bonds. The summed E-state index contributed by atoms with van der Waals surface area (Å²) in [7, 11) is -3.93. The van der Waals surface area contributed by atoms with Crippen molar-refractivity contribution < 1.29 is 39.6 Å². The van der Waals surface area contributed by atoms with Gasteiger partial charge in [-0.25, -0.2) is 17.2 Å². The molecule has 12 heteroatoms. The number of amides is 1. The summed E-state index contributed by atoms with van der Waals surface area (Å²) in [6, 6.07) is 6.52. The Kier molecular flexibility index (Phi) is 7.06. The third kappa shape index (κ3) is 6.27. The summed E-state index contributed by atoms with van der Waals surface area (Å²) in [4.78, 5) is 12.6. The minimum absolute atomic E-state index is 0.00677. The highest BCUT2D eigenvalue weighted by molar-refractivity contribution is 7.92. The molecule has 0 spiro atoms. The zero-order valence-corrected chi connectivity index (χ0v) is 19.2. The molecule has 6 nitrogen and oxygen atoms in total. The zero-order valence-electron chi connectivity index (χ0n) is 18.3. The predicted octanol–water partition coefficient (Wildman–Crippen LogP) is 5.75. The van der Waals surface area contributed by atoms with E-state index >= 15 is 0 Å². The summed E-state index contributed by atoms with van der Waals surface area (Å²) in [6.07, 6.45) is -2.63. The fraction of sp³-hybridized carbons (Fsp3) is 0.174. The van der Waals surface area contributed by atoms with E-state index in [9.17, 15) is 35.2 Å². The predicted molar refractivity (Wildman–Crippen MR) is 120 cm³/mol. The van der Waals surface area contributed by atoms with Crippen LogP contribution in [0.15, 0.2) is 53.5 Å². The first-order valence-electron chi connectivity index (χ1n) is 9.90. The van der Waals surface area contributed by atoms with E-state index in [1.54, 1.807) is 4.72 Å². The highest BCUT2D eigenvalue weighted by atomic mass is 32.2. The average Bonchev–Trinajstić information content (AvgIpc) is 3.25. The smallest absolute Gasteiger partial charge is 0.416 e. The summed E-state index contributed by atoms with van der Waals surface area (Å²) < 4.78 is 97.7. The van der Waals surface area contributed by atoms with Crippen molar-refractivity contribution in [2.24, 2.45) is 0 Å². The van der Waals surface area contributed by atoms with Crippen LogP contribution in [0.4, 0.5) is 27.6 Å². The molecule has 1 heterocycles. The van der Waals surface area contributed by atoms with E-state index in [0.717, 1.165) is 30.5 Å². The molecule has 0 fully saturated rings. The molecule has 0 radical (unpaired) electrons. The van der Waals surface area contributed by atoms with Crippen LogP contribution in [0.5, 0.6) is 0 Å². The van der Waals surface area contributed by atoms with Crippen molar-refractivity contribution >= 4 is 27.7 Å². The fourth-order valence-corrected chi connectivity index (χ4v) is 3.73. The van der Waals surface area contributed by atoms with Crippen LogP contribution in [-0.4, -0.2) is 20.6 Å². The maximum atomic E-state index is 14.2. The van der Waals surface area contributed by atoms with Crippen LogP contribution in [0, 0.1) is 11.6 Å². The zero-order chi connectivity index (χ0) is 26.1. The number of halogens is 5. The highest BCUT2D eigenvalue weighted by Crippen LogP contribution is 2.34. The van der Waals surface area contributed by atoms with Gasteiger partial charge in [-0.15, -0.1) is 0 Å². The minimum Gasteiger partial charge on any atom is -0.451 e. The van der Waals surface area contributed by atoms with E-state index in [2.05, 4.69) is 11.9 Å². The Morgan fingerprint density at radius 1 is 1.09 bits per heavy atom. The van der Waals surface area contributed by atoms with Crippen molar-refractivity contribution in [2.75, 3.05) is 11.0 Å². The molecule has 0 aliphatic carbocycles. The summed E-state index contributed by atoms with van der Waals surface area (Å²) >= 11 is 0. The van der Waals surface area contributed by atoms with Crippen LogP contribution in [-0.2, 0) is 16.2 Å². The molecule has 2 aromatic carbocycles. The molecule has 2 N–H and O–H groups in total. The Morgan fingerprint density at radius 3 is 2.26 bits per heavy atom. The molecule has 3 rings (SSSR count). The molecule has 1 unspecified atom stereocenters. The van der Waals surface area contributed by atoms with Crippen LogP contribution in [0.1, 0.15) is 40.2 Å². The standard InChI is InChI=1S/C23H19F5N2O4S/c1-4-13-7-15(9-16(8-13)23(26,27)28)19-5-6-20(34-19)22(31)29-12(2)14-10-17(24)21(18(25)11-14)30-35(3,32)33/h4-12,30H,1H2,2-3H3,(H,29,31). The van der Waals surface area contributed by atoms with Gasteiger partial charge in [0.1, 0.15) is 11.4 Å². The molecular weight excluding hydrogens is 495 g/mol. The maximum Gasteiger partial charge on any atom is 0.416 e. The molecule has 0 bridgehead atoms. The van der Waals surface area contributed by atoms with Crippen molar-refractivity contribution in [1.82, 2.24) is 5.32 Å². The first-order chi connectivity index (χ1) is 16.2. The second-order valence-electron chi connectivity index (χ2n) is 7.64. The second-order valence-corrected chi connectivity index (χ2v) is 9.39. The number of anilines is 1. The van der Waals surface area contributed by atoms with Gasteiger partial charge in [0, 0.05) is 5.56 Å². The number of hydrogen-bond donors (Lipinski definition) is 2. The summed E-state index contributed by atoms with van der Waals surface area (Å²) in [5.74, 6) is -3.42. The summed E-state index contributed by atoms with van der Waals surface area (Å²) in [6.45, 7) is 4.89. The molecule has 0 aliphatic heterocycles. The fourth-order valence-electron chi connectivity index (χ4n) is 3.17. The van der Waals surface area contributed by atoms with E-state index in [-0.39, 0.29) is 28.2 Å². The number of benzene rings is 2. The molecule has 0 saturated heterocycles. The van der Waals surface area contributed by atoms with Crippen molar-refractivity contribution in [3.05, 3.63) is 83.1 Å². The quantitative estimate of drug-likeness (QED) is 0.393. The van der Waals surface area contributed by atoms with E-state index < -0.39 is 51.0 Å². The number of carbonyl (C=O) groups is 1. The van der Waals surface area contributed by atoms with Crippen molar-refractivity contribution in [1.29, 1.82) is 0 Å². The lowest BCUT2D eigenvalue weighted by atomic mass is 10.0. The summed E-state index contributed by atoms with van der Waals surface area (Å²) in [5.41, 5.74) is -1.51. The SMILES string of the molecule is C=Cc1cc(-c2ccc(C(=O)NC(C)c3cc(F)c(NS(C)(=O)=O)c(F)c3)o2)cc(C(F)(F)F)c1. The van der Waals surface area contributed by atoms with Crippen LogP contribution in [0.3, 0.4) is 0 Å². The Morgan fingerprint density at radius 2 is 1.71 bits per heavy atom. The largest absolute Gasteiger partial charge is 0.451 e. The van der Waals surface area contributed by atoms with E-state index in [0.29, 0.717) is 0 Å². The number of hydrogen-bond acceptors (Lipinski definition) is 4. The van der Waals surface area contributed by atoms with Gasteiger partial charge in [-0.1, -0.05) is 12.7 Å². The number of furan rings is 1. The van der Waals surface area contributed by atoms with Gasteiger partial charge in [0.2, 0.25) is 10.0 Å². The van der Waals surface area contributed by atoms with E-state index in [1.807, 2.05) is 0 Å². The topological polar surface area (TPSA) is 88.4 Å². The van der Waals surface area contributed by atoms with Gasteiger partial charge in [0.05, 0.1) is 17.9 Å².